The zero-order chi connectivity index (χ0) is 13.6. The summed E-state index contributed by atoms with van der Waals surface area (Å²) in [5.74, 6) is -1.54. The Balaban J connectivity index is 2.66. The number of halogens is 3. The van der Waals surface area contributed by atoms with E-state index in [1.54, 1.807) is 0 Å². The molecule has 0 aliphatic heterocycles. The van der Waals surface area contributed by atoms with E-state index in [0.29, 0.717) is 6.07 Å². The van der Waals surface area contributed by atoms with E-state index in [0.717, 1.165) is 6.07 Å². The maximum absolute atomic E-state index is 12.8. The van der Waals surface area contributed by atoms with Crippen LogP contribution in [0.4, 0.5) is 13.2 Å². The van der Waals surface area contributed by atoms with Crippen LogP contribution >= 0.6 is 0 Å². The van der Waals surface area contributed by atoms with E-state index < -0.39 is 28.8 Å². The third-order valence-electron chi connectivity index (χ3n) is 2.90. The van der Waals surface area contributed by atoms with Crippen molar-refractivity contribution in [3.05, 3.63) is 23.3 Å². The third kappa shape index (κ3) is 1.93. The summed E-state index contributed by atoms with van der Waals surface area (Å²) < 4.78 is 38.5. The number of hydrogen-bond donors (Lipinski definition) is 2. The number of phenols is 2. The fourth-order valence-corrected chi connectivity index (χ4v) is 1.84. The summed E-state index contributed by atoms with van der Waals surface area (Å²) in [6.45, 7) is 0. The molecule has 0 saturated heterocycles. The zero-order valence-electron chi connectivity index (χ0n) is 8.95. The lowest BCUT2D eigenvalue weighted by Crippen LogP contribution is -2.14. The number of hydrogen-bond acceptors (Lipinski definition) is 4. The molecule has 0 spiro atoms. The van der Waals surface area contributed by atoms with Gasteiger partial charge in [-0.05, 0) is 30.5 Å². The highest BCUT2D eigenvalue weighted by Gasteiger charge is 2.50. The summed E-state index contributed by atoms with van der Waals surface area (Å²) in [4.78, 5) is 13.6. The monoisotopic (exact) mass is 259 g/mol. The van der Waals surface area contributed by atoms with Gasteiger partial charge < -0.3 is 10.2 Å². The fourth-order valence-electron chi connectivity index (χ4n) is 1.84. The molecule has 0 aromatic heterocycles. The van der Waals surface area contributed by atoms with Crippen LogP contribution < -0.4 is 0 Å². The average Bonchev–Trinajstić information content (AvgIpc) is 3.01. The first-order chi connectivity index (χ1) is 8.30. The quantitative estimate of drug-likeness (QED) is 0.487. The molecule has 1 fully saturated rings. The number of aromatic hydroxyl groups is 2. The topological polar surface area (TPSA) is 69.9 Å². The Morgan fingerprint density at radius 1 is 1.22 bits per heavy atom. The minimum Gasteiger partial charge on any atom is -0.504 e. The second-order valence-corrected chi connectivity index (χ2v) is 4.12. The summed E-state index contributed by atoms with van der Waals surface area (Å²) in [5, 5.41) is 18.4. The summed E-state index contributed by atoms with van der Waals surface area (Å²) in [6.07, 6.45) is -2.91. The van der Waals surface area contributed by atoms with Crippen molar-refractivity contribution in [3.8, 4) is 11.5 Å². The second-order valence-electron chi connectivity index (χ2n) is 4.12. The normalized spacial score (nSPS) is 17.1. The fraction of sp³-hybridized carbons (Fsp3) is 0.364. The van der Waals surface area contributed by atoms with Crippen LogP contribution in [0.1, 0.15) is 24.0 Å². The first-order valence-corrected chi connectivity index (χ1v) is 5.03. The number of rotatable bonds is 2. The van der Waals surface area contributed by atoms with Crippen molar-refractivity contribution in [1.29, 1.82) is 0 Å². The van der Waals surface area contributed by atoms with Gasteiger partial charge in [-0.3, -0.25) is 0 Å². The Morgan fingerprint density at radius 2 is 1.78 bits per heavy atom. The van der Waals surface area contributed by atoms with Gasteiger partial charge >= 0.3 is 6.18 Å². The molecule has 1 aliphatic rings. The largest absolute Gasteiger partial charge is 0.504 e. The van der Waals surface area contributed by atoms with Crippen LogP contribution in [0.25, 0.3) is 0 Å². The van der Waals surface area contributed by atoms with Gasteiger partial charge in [0, 0.05) is 0 Å². The van der Waals surface area contributed by atoms with Crippen LogP contribution in [0.15, 0.2) is 17.1 Å². The van der Waals surface area contributed by atoms with Gasteiger partial charge in [-0.15, -0.1) is 0 Å². The van der Waals surface area contributed by atoms with Crippen molar-refractivity contribution in [2.75, 3.05) is 0 Å². The standard InChI is InChI=1S/C11H8F3NO3/c12-11(13,14)7-4-9(18)8(17)3-6(7)10(1-2-10)15-5-16/h3-4,17-18H,1-2H2. The van der Waals surface area contributed by atoms with Gasteiger partial charge in [0.1, 0.15) is 0 Å². The minimum absolute atomic E-state index is 0.273. The predicted molar refractivity (Wildman–Crippen MR) is 53.8 cm³/mol. The second kappa shape index (κ2) is 3.74. The SMILES string of the molecule is O=C=NC1(c2cc(O)c(O)cc2C(F)(F)F)CC1. The molecule has 1 aromatic carbocycles. The molecule has 1 aromatic rings. The highest BCUT2D eigenvalue weighted by Crippen LogP contribution is 2.54. The third-order valence-corrected chi connectivity index (χ3v) is 2.90. The average molecular weight is 259 g/mol. The van der Waals surface area contributed by atoms with Gasteiger partial charge in [0.05, 0.1) is 11.1 Å². The zero-order valence-corrected chi connectivity index (χ0v) is 8.95. The molecule has 2 rings (SSSR count). The molecule has 0 atom stereocenters. The van der Waals surface area contributed by atoms with E-state index in [1.807, 2.05) is 0 Å². The molecule has 0 heterocycles. The van der Waals surface area contributed by atoms with Crippen molar-refractivity contribution in [2.24, 2.45) is 4.99 Å². The van der Waals surface area contributed by atoms with Crippen LogP contribution in [-0.2, 0) is 16.5 Å². The van der Waals surface area contributed by atoms with Gasteiger partial charge in [-0.25, -0.2) is 4.79 Å². The maximum atomic E-state index is 12.8. The van der Waals surface area contributed by atoms with E-state index in [9.17, 15) is 23.1 Å². The Morgan fingerprint density at radius 3 is 2.22 bits per heavy atom. The molecule has 96 valence electrons. The molecule has 1 aliphatic carbocycles. The van der Waals surface area contributed by atoms with Crippen molar-refractivity contribution in [3.63, 3.8) is 0 Å². The molecular formula is C11H8F3NO3. The number of carbonyl (C=O) groups excluding carboxylic acids is 1. The van der Waals surface area contributed by atoms with E-state index in [2.05, 4.69) is 4.99 Å². The number of benzene rings is 1. The molecule has 18 heavy (non-hydrogen) atoms. The molecule has 0 unspecified atom stereocenters. The van der Waals surface area contributed by atoms with Crippen molar-refractivity contribution in [1.82, 2.24) is 0 Å². The molecule has 0 radical (unpaired) electrons. The molecule has 1 saturated carbocycles. The Bertz CT molecular complexity index is 543. The minimum atomic E-state index is -4.70. The molecule has 4 nitrogen and oxygen atoms in total. The molecule has 2 N–H and O–H groups in total. The number of isocyanates is 1. The van der Waals surface area contributed by atoms with Crippen molar-refractivity contribution in [2.45, 2.75) is 24.6 Å². The van der Waals surface area contributed by atoms with E-state index in [1.165, 1.54) is 6.08 Å². The Hall–Kier alpha value is -2.01. The Kier molecular flexibility index (Phi) is 2.59. The lowest BCUT2D eigenvalue weighted by molar-refractivity contribution is -0.138. The molecular weight excluding hydrogens is 251 g/mol. The first kappa shape index (κ1) is 12.4. The first-order valence-electron chi connectivity index (χ1n) is 5.03. The van der Waals surface area contributed by atoms with Crippen LogP contribution in [-0.4, -0.2) is 16.3 Å². The predicted octanol–water partition coefficient (Wildman–Crippen LogP) is 2.44. The van der Waals surface area contributed by atoms with E-state index in [-0.39, 0.29) is 18.4 Å². The summed E-state index contributed by atoms with van der Waals surface area (Å²) in [6, 6.07) is 1.23. The number of nitrogens with zero attached hydrogens (tertiary/aromatic N) is 1. The van der Waals surface area contributed by atoms with E-state index >= 15 is 0 Å². The molecule has 0 bridgehead atoms. The lowest BCUT2D eigenvalue weighted by atomic mass is 9.97. The van der Waals surface area contributed by atoms with Crippen molar-refractivity contribution >= 4 is 6.08 Å². The highest BCUT2D eigenvalue weighted by atomic mass is 19.4. The Labute approximate surface area is 99.4 Å². The van der Waals surface area contributed by atoms with Crippen LogP contribution in [0.3, 0.4) is 0 Å². The van der Waals surface area contributed by atoms with Gasteiger partial charge in [0.15, 0.2) is 11.5 Å². The maximum Gasteiger partial charge on any atom is 0.416 e. The highest BCUT2D eigenvalue weighted by molar-refractivity contribution is 5.52. The van der Waals surface area contributed by atoms with Gasteiger partial charge in [0.2, 0.25) is 6.08 Å². The summed E-state index contributed by atoms with van der Waals surface area (Å²) in [5.41, 5.74) is -2.68. The van der Waals surface area contributed by atoms with E-state index in [4.69, 9.17) is 5.11 Å². The number of aliphatic imine (C=N–C) groups is 1. The molecule has 0 amide bonds. The smallest absolute Gasteiger partial charge is 0.416 e. The van der Waals surface area contributed by atoms with Crippen LogP contribution in [0.2, 0.25) is 0 Å². The summed E-state index contributed by atoms with van der Waals surface area (Å²) in [7, 11) is 0. The number of alkyl halides is 3. The molecule has 7 heteroatoms. The summed E-state index contributed by atoms with van der Waals surface area (Å²) >= 11 is 0. The van der Waals surface area contributed by atoms with Gasteiger partial charge in [-0.2, -0.15) is 18.2 Å². The number of phenolic OH excluding ortho intramolecular Hbond substituents is 2. The van der Waals surface area contributed by atoms with Gasteiger partial charge in [-0.1, -0.05) is 0 Å². The van der Waals surface area contributed by atoms with Crippen molar-refractivity contribution < 1.29 is 28.2 Å². The lowest BCUT2D eigenvalue weighted by Gasteiger charge is -2.17. The van der Waals surface area contributed by atoms with Crippen LogP contribution in [0.5, 0.6) is 11.5 Å². The van der Waals surface area contributed by atoms with Crippen LogP contribution in [0, 0.1) is 0 Å². The van der Waals surface area contributed by atoms with Gasteiger partial charge in [0.25, 0.3) is 0 Å².